The van der Waals surface area contributed by atoms with Crippen molar-refractivity contribution in [1.29, 1.82) is 0 Å². The summed E-state index contributed by atoms with van der Waals surface area (Å²) in [7, 11) is 0. The second kappa shape index (κ2) is 9.57. The molecule has 0 aliphatic carbocycles. The van der Waals surface area contributed by atoms with Crippen molar-refractivity contribution in [2.45, 2.75) is 38.9 Å². The Morgan fingerprint density at radius 2 is 1.77 bits per heavy atom. The molecule has 1 heterocycles. The number of amides is 1. The SMILES string of the molecule is C[C@@H]1CN(COc2ccc(CC(N)=O)cc2)[C@@H](C)C(=C=O)N1Cc1ccc(F)cc1. The number of hydrogen-bond donors (Lipinski definition) is 1. The van der Waals surface area contributed by atoms with E-state index in [2.05, 4.69) is 10.8 Å². The Morgan fingerprint density at radius 3 is 2.37 bits per heavy atom. The van der Waals surface area contributed by atoms with Gasteiger partial charge in [0.2, 0.25) is 5.91 Å². The largest absolute Gasteiger partial charge is 0.478 e. The summed E-state index contributed by atoms with van der Waals surface area (Å²) in [5, 5.41) is 0. The normalized spacial score (nSPS) is 19.4. The molecular weight excluding hydrogens is 385 g/mol. The first kappa shape index (κ1) is 21.6. The molecule has 3 rings (SSSR count). The Morgan fingerprint density at radius 1 is 1.13 bits per heavy atom. The molecule has 7 heteroatoms. The Kier molecular flexibility index (Phi) is 6.87. The monoisotopic (exact) mass is 411 g/mol. The van der Waals surface area contributed by atoms with Gasteiger partial charge in [0.15, 0.2) is 0 Å². The van der Waals surface area contributed by atoms with Crippen molar-refractivity contribution in [3.05, 3.63) is 71.2 Å². The van der Waals surface area contributed by atoms with Gasteiger partial charge in [0.1, 0.15) is 29.9 Å². The lowest BCUT2D eigenvalue weighted by atomic mass is 10.0. The van der Waals surface area contributed by atoms with Crippen LogP contribution in [0.4, 0.5) is 4.39 Å². The second-order valence-electron chi connectivity index (χ2n) is 7.60. The molecule has 158 valence electrons. The molecule has 2 aromatic carbocycles. The van der Waals surface area contributed by atoms with Crippen LogP contribution in [0.5, 0.6) is 5.75 Å². The number of halogens is 1. The van der Waals surface area contributed by atoms with Crippen LogP contribution in [0.2, 0.25) is 0 Å². The van der Waals surface area contributed by atoms with Crippen molar-refractivity contribution >= 4 is 11.8 Å². The highest BCUT2D eigenvalue weighted by Gasteiger charge is 2.34. The Labute approximate surface area is 175 Å². The molecule has 1 aliphatic heterocycles. The first-order valence-electron chi connectivity index (χ1n) is 9.87. The van der Waals surface area contributed by atoms with Crippen molar-refractivity contribution in [2.75, 3.05) is 13.3 Å². The number of ether oxygens (including phenoxy) is 1. The first-order valence-corrected chi connectivity index (χ1v) is 9.87. The van der Waals surface area contributed by atoms with Crippen LogP contribution in [-0.4, -0.2) is 47.0 Å². The lowest BCUT2D eigenvalue weighted by Crippen LogP contribution is -2.55. The van der Waals surface area contributed by atoms with Crippen LogP contribution in [-0.2, 0) is 22.6 Å². The molecule has 1 saturated heterocycles. The molecule has 0 bridgehead atoms. The number of hydrogen-bond acceptors (Lipinski definition) is 5. The molecule has 0 unspecified atom stereocenters. The molecule has 1 aliphatic rings. The quantitative estimate of drug-likeness (QED) is 0.709. The zero-order chi connectivity index (χ0) is 21.7. The zero-order valence-corrected chi connectivity index (χ0v) is 17.2. The minimum atomic E-state index is -0.377. The number of primary amides is 1. The van der Waals surface area contributed by atoms with Crippen molar-refractivity contribution in [3.63, 3.8) is 0 Å². The third-order valence-corrected chi connectivity index (χ3v) is 5.35. The minimum Gasteiger partial charge on any atom is -0.478 e. The van der Waals surface area contributed by atoms with Gasteiger partial charge in [-0.3, -0.25) is 9.69 Å². The van der Waals surface area contributed by atoms with Gasteiger partial charge >= 0.3 is 0 Å². The van der Waals surface area contributed by atoms with E-state index in [1.54, 1.807) is 24.3 Å². The van der Waals surface area contributed by atoms with Gasteiger partial charge in [0.05, 0.1) is 12.5 Å². The van der Waals surface area contributed by atoms with E-state index in [1.165, 1.54) is 12.1 Å². The molecule has 2 N–H and O–H groups in total. The molecule has 2 aromatic rings. The fourth-order valence-electron chi connectivity index (χ4n) is 3.64. The van der Waals surface area contributed by atoms with E-state index >= 15 is 0 Å². The molecule has 0 radical (unpaired) electrons. The standard InChI is InChI=1S/C23H26FN3O3/c1-16-12-26(15-30-21-9-5-18(6-10-21)11-23(25)29)17(2)22(14-28)27(16)13-19-3-7-20(24)8-4-19/h3-10,16-17H,11-13,15H2,1-2H3,(H2,25,29)/t16-,17+/m1/s1. The molecule has 6 nitrogen and oxygen atoms in total. The van der Waals surface area contributed by atoms with Crippen LogP contribution in [0, 0.1) is 5.82 Å². The highest BCUT2D eigenvalue weighted by Crippen LogP contribution is 2.26. The molecule has 0 saturated carbocycles. The van der Waals surface area contributed by atoms with E-state index in [-0.39, 0.29) is 30.2 Å². The number of carbonyl (C=O) groups is 1. The van der Waals surface area contributed by atoms with Gasteiger partial charge in [-0.25, -0.2) is 9.18 Å². The average Bonchev–Trinajstić information content (AvgIpc) is 2.72. The molecule has 0 aromatic heterocycles. The van der Waals surface area contributed by atoms with E-state index in [1.807, 2.05) is 30.9 Å². The highest BCUT2D eigenvalue weighted by molar-refractivity contribution is 5.76. The minimum absolute atomic E-state index is 0.0595. The average molecular weight is 411 g/mol. The lowest BCUT2D eigenvalue weighted by molar-refractivity contribution is -0.117. The van der Waals surface area contributed by atoms with Gasteiger partial charge in [-0.1, -0.05) is 24.3 Å². The van der Waals surface area contributed by atoms with Gasteiger partial charge < -0.3 is 15.4 Å². The highest BCUT2D eigenvalue weighted by atomic mass is 19.1. The van der Waals surface area contributed by atoms with Crippen molar-refractivity contribution in [1.82, 2.24) is 9.80 Å². The summed E-state index contributed by atoms with van der Waals surface area (Å²) in [5.74, 6) is 2.11. The van der Waals surface area contributed by atoms with Crippen LogP contribution in [0.25, 0.3) is 0 Å². The number of rotatable bonds is 7. The van der Waals surface area contributed by atoms with E-state index in [0.29, 0.717) is 31.3 Å². The molecular formula is C23H26FN3O3. The summed E-state index contributed by atoms with van der Waals surface area (Å²) in [6, 6.07) is 13.4. The number of nitrogens with zero attached hydrogens (tertiary/aromatic N) is 2. The van der Waals surface area contributed by atoms with E-state index < -0.39 is 0 Å². The summed E-state index contributed by atoms with van der Waals surface area (Å²) in [5.41, 5.74) is 7.53. The summed E-state index contributed by atoms with van der Waals surface area (Å²) in [4.78, 5) is 26.8. The van der Waals surface area contributed by atoms with Gasteiger partial charge in [-0.15, -0.1) is 0 Å². The summed E-state index contributed by atoms with van der Waals surface area (Å²) < 4.78 is 19.1. The number of piperazine rings is 1. The predicted molar refractivity (Wildman–Crippen MR) is 112 cm³/mol. The fraction of sp³-hybridized carbons (Fsp3) is 0.348. The van der Waals surface area contributed by atoms with Gasteiger partial charge in [-0.05, 0) is 49.2 Å². The van der Waals surface area contributed by atoms with E-state index in [0.717, 1.165) is 11.1 Å². The van der Waals surface area contributed by atoms with Gasteiger partial charge in [0, 0.05) is 19.1 Å². The third-order valence-electron chi connectivity index (χ3n) is 5.35. The maximum Gasteiger partial charge on any atom is 0.221 e. The van der Waals surface area contributed by atoms with Crippen LogP contribution in [0.1, 0.15) is 25.0 Å². The Hall–Kier alpha value is -3.15. The fourth-order valence-corrected chi connectivity index (χ4v) is 3.64. The van der Waals surface area contributed by atoms with Crippen LogP contribution < -0.4 is 10.5 Å². The number of benzene rings is 2. The lowest BCUT2D eigenvalue weighted by Gasteiger charge is -2.45. The van der Waals surface area contributed by atoms with Gasteiger partial charge in [-0.2, -0.15) is 0 Å². The smallest absolute Gasteiger partial charge is 0.221 e. The predicted octanol–water partition coefficient (Wildman–Crippen LogP) is 2.50. The third kappa shape index (κ3) is 5.26. The maximum absolute atomic E-state index is 13.2. The van der Waals surface area contributed by atoms with Crippen molar-refractivity contribution < 1.29 is 18.7 Å². The molecule has 0 spiro atoms. The molecule has 1 amide bonds. The second-order valence-corrected chi connectivity index (χ2v) is 7.60. The van der Waals surface area contributed by atoms with Crippen LogP contribution in [0.15, 0.2) is 54.2 Å². The molecule has 30 heavy (non-hydrogen) atoms. The van der Waals surface area contributed by atoms with E-state index in [9.17, 15) is 14.0 Å². The maximum atomic E-state index is 13.2. The van der Waals surface area contributed by atoms with Gasteiger partial charge in [0.25, 0.3) is 0 Å². The molecule has 1 fully saturated rings. The molecule has 2 atom stereocenters. The number of nitrogens with two attached hydrogens (primary N) is 1. The summed E-state index contributed by atoms with van der Waals surface area (Å²) in [6.45, 7) is 5.53. The Balaban J connectivity index is 1.63. The number of carbonyl (C=O) groups excluding carboxylic acids is 2. The zero-order valence-electron chi connectivity index (χ0n) is 17.2. The van der Waals surface area contributed by atoms with Crippen molar-refractivity contribution in [2.24, 2.45) is 5.73 Å². The summed E-state index contributed by atoms with van der Waals surface area (Å²) >= 11 is 0. The first-order chi connectivity index (χ1) is 14.4. The topological polar surface area (TPSA) is 75.9 Å². The van der Waals surface area contributed by atoms with Crippen LogP contribution in [0.3, 0.4) is 0 Å². The van der Waals surface area contributed by atoms with E-state index in [4.69, 9.17) is 10.5 Å². The Bertz CT molecular complexity index is 924. The summed E-state index contributed by atoms with van der Waals surface area (Å²) in [6.07, 6.45) is 0.193. The van der Waals surface area contributed by atoms with Crippen molar-refractivity contribution in [3.8, 4) is 5.75 Å². The van der Waals surface area contributed by atoms with Crippen LogP contribution >= 0.6 is 0 Å².